The minimum atomic E-state index is 0.117. The summed E-state index contributed by atoms with van der Waals surface area (Å²) in [7, 11) is 3.56. The highest BCUT2D eigenvalue weighted by atomic mass is 32.2. The number of para-hydroxylation sites is 2. The molecule has 162 valence electrons. The van der Waals surface area contributed by atoms with Gasteiger partial charge in [-0.2, -0.15) is 0 Å². The fourth-order valence-corrected chi connectivity index (χ4v) is 4.82. The molecule has 0 radical (unpaired) electrons. The number of methoxy groups -OCH3 is 1. The molecule has 0 aliphatic heterocycles. The van der Waals surface area contributed by atoms with Crippen LogP contribution in [0.15, 0.2) is 53.8 Å². The monoisotopic (exact) mass is 437 g/mol. The van der Waals surface area contributed by atoms with E-state index < -0.39 is 0 Å². The second-order valence-corrected chi connectivity index (χ2v) is 8.56. The van der Waals surface area contributed by atoms with E-state index in [1.54, 1.807) is 13.3 Å². The van der Waals surface area contributed by atoms with E-state index >= 15 is 0 Å². The van der Waals surface area contributed by atoms with Gasteiger partial charge < -0.3 is 9.64 Å². The normalized spacial score (nSPS) is 14.4. The third-order valence-electron chi connectivity index (χ3n) is 5.69. The van der Waals surface area contributed by atoms with Gasteiger partial charge in [-0.25, -0.2) is 0 Å². The molecular formula is C23H27N5O2S. The summed E-state index contributed by atoms with van der Waals surface area (Å²) < 4.78 is 7.49. The van der Waals surface area contributed by atoms with E-state index in [9.17, 15) is 4.79 Å². The van der Waals surface area contributed by atoms with Gasteiger partial charge in [0.2, 0.25) is 5.91 Å². The van der Waals surface area contributed by atoms with Crippen LogP contribution in [0.3, 0.4) is 0 Å². The largest absolute Gasteiger partial charge is 0.495 e. The first-order valence-corrected chi connectivity index (χ1v) is 11.6. The van der Waals surface area contributed by atoms with Gasteiger partial charge >= 0.3 is 0 Å². The van der Waals surface area contributed by atoms with Crippen LogP contribution in [0.4, 0.5) is 0 Å². The van der Waals surface area contributed by atoms with Crippen molar-refractivity contribution < 1.29 is 9.53 Å². The highest BCUT2D eigenvalue weighted by molar-refractivity contribution is 7.99. The zero-order valence-electron chi connectivity index (χ0n) is 17.9. The first kappa shape index (κ1) is 21.4. The lowest BCUT2D eigenvalue weighted by Crippen LogP contribution is -2.39. The summed E-state index contributed by atoms with van der Waals surface area (Å²) in [6.07, 6.45) is 7.58. The minimum absolute atomic E-state index is 0.117. The van der Waals surface area contributed by atoms with Crippen molar-refractivity contribution in [2.24, 2.45) is 0 Å². The van der Waals surface area contributed by atoms with E-state index in [-0.39, 0.29) is 5.91 Å². The molecule has 7 nitrogen and oxygen atoms in total. The Balaban J connectivity index is 1.62. The summed E-state index contributed by atoms with van der Waals surface area (Å²) in [4.78, 5) is 19.2. The molecular weight excluding hydrogens is 410 g/mol. The number of carbonyl (C=O) groups excluding carboxylic acids is 1. The van der Waals surface area contributed by atoms with Gasteiger partial charge in [0.25, 0.3) is 0 Å². The van der Waals surface area contributed by atoms with Crippen molar-refractivity contribution in [3.63, 3.8) is 0 Å². The Bertz CT molecular complexity index is 1020. The molecule has 1 aliphatic carbocycles. The molecule has 1 amide bonds. The lowest BCUT2D eigenvalue weighted by atomic mass is 9.94. The molecule has 3 aromatic rings. The third-order valence-corrected chi connectivity index (χ3v) is 6.61. The van der Waals surface area contributed by atoms with E-state index in [2.05, 4.69) is 15.2 Å². The maximum Gasteiger partial charge on any atom is 0.233 e. The van der Waals surface area contributed by atoms with E-state index in [0.29, 0.717) is 34.2 Å². The molecule has 2 aromatic heterocycles. The molecule has 0 saturated heterocycles. The Kier molecular flexibility index (Phi) is 6.86. The number of benzene rings is 1. The van der Waals surface area contributed by atoms with Gasteiger partial charge in [0.1, 0.15) is 11.4 Å². The predicted octanol–water partition coefficient (Wildman–Crippen LogP) is 4.22. The number of nitrogens with zero attached hydrogens (tertiary/aromatic N) is 5. The Hall–Kier alpha value is -2.87. The summed E-state index contributed by atoms with van der Waals surface area (Å²) in [6, 6.07) is 13.7. The van der Waals surface area contributed by atoms with Crippen molar-refractivity contribution in [1.82, 2.24) is 24.6 Å². The Morgan fingerprint density at radius 1 is 1.13 bits per heavy atom. The lowest BCUT2D eigenvalue weighted by molar-refractivity contribution is -0.129. The number of thioether (sulfide) groups is 1. The van der Waals surface area contributed by atoms with Crippen LogP contribution < -0.4 is 4.74 Å². The van der Waals surface area contributed by atoms with Crippen LogP contribution in [0, 0.1) is 0 Å². The number of amides is 1. The fourth-order valence-electron chi connectivity index (χ4n) is 3.96. The first-order valence-electron chi connectivity index (χ1n) is 10.6. The standard InChI is InChI=1S/C23H27N5O2S/c1-27(17-10-4-3-5-11-17)21(29)16-31-23-26-25-22(18-12-8-9-15-24-18)28(23)19-13-6-7-14-20(19)30-2/h6-9,12-15,17H,3-5,10-11,16H2,1-2H3. The second-order valence-electron chi connectivity index (χ2n) is 7.61. The molecule has 8 heteroatoms. The molecule has 1 fully saturated rings. The zero-order valence-corrected chi connectivity index (χ0v) is 18.7. The van der Waals surface area contributed by atoms with Gasteiger partial charge in [-0.3, -0.25) is 14.3 Å². The summed E-state index contributed by atoms with van der Waals surface area (Å²) in [5.41, 5.74) is 1.52. The molecule has 1 saturated carbocycles. The van der Waals surface area contributed by atoms with E-state index in [1.165, 1.54) is 31.0 Å². The van der Waals surface area contributed by atoms with E-state index in [1.807, 2.05) is 59.0 Å². The number of hydrogen-bond acceptors (Lipinski definition) is 6. The topological polar surface area (TPSA) is 73.1 Å². The van der Waals surface area contributed by atoms with E-state index in [4.69, 9.17) is 4.74 Å². The van der Waals surface area contributed by atoms with Crippen LogP contribution in [0.5, 0.6) is 5.75 Å². The van der Waals surface area contributed by atoms with E-state index in [0.717, 1.165) is 18.5 Å². The van der Waals surface area contributed by atoms with Crippen LogP contribution in [0.2, 0.25) is 0 Å². The van der Waals surface area contributed by atoms with Crippen molar-refractivity contribution in [2.75, 3.05) is 19.9 Å². The SMILES string of the molecule is COc1ccccc1-n1c(SCC(=O)N(C)C2CCCCC2)nnc1-c1ccccn1. The van der Waals surface area contributed by atoms with Crippen LogP contribution >= 0.6 is 11.8 Å². The maximum absolute atomic E-state index is 12.9. The molecule has 1 aromatic carbocycles. The van der Waals surface area contributed by atoms with Gasteiger partial charge in [0.15, 0.2) is 11.0 Å². The molecule has 0 spiro atoms. The summed E-state index contributed by atoms with van der Waals surface area (Å²) in [5.74, 6) is 1.74. The highest BCUT2D eigenvalue weighted by Crippen LogP contribution is 2.32. The molecule has 4 rings (SSSR count). The Morgan fingerprint density at radius 3 is 2.65 bits per heavy atom. The second kappa shape index (κ2) is 9.96. The van der Waals surface area contributed by atoms with Gasteiger partial charge in [-0.15, -0.1) is 10.2 Å². The number of carbonyl (C=O) groups is 1. The van der Waals surface area contributed by atoms with Gasteiger partial charge in [-0.05, 0) is 37.1 Å². The molecule has 0 bridgehead atoms. The minimum Gasteiger partial charge on any atom is -0.495 e. The molecule has 2 heterocycles. The molecule has 1 aliphatic rings. The van der Waals surface area contributed by atoms with Crippen molar-refractivity contribution in [3.8, 4) is 23.0 Å². The van der Waals surface area contributed by atoms with Crippen LogP contribution in [0.25, 0.3) is 17.2 Å². The first-order chi connectivity index (χ1) is 15.2. The smallest absolute Gasteiger partial charge is 0.233 e. The Labute approximate surface area is 186 Å². The van der Waals surface area contributed by atoms with Crippen LogP contribution in [0.1, 0.15) is 32.1 Å². The average Bonchev–Trinajstić information content (AvgIpc) is 3.26. The van der Waals surface area contributed by atoms with Crippen molar-refractivity contribution >= 4 is 17.7 Å². The van der Waals surface area contributed by atoms with Gasteiger partial charge in [0, 0.05) is 19.3 Å². The molecule has 31 heavy (non-hydrogen) atoms. The lowest BCUT2D eigenvalue weighted by Gasteiger charge is -2.31. The zero-order chi connectivity index (χ0) is 21.6. The predicted molar refractivity (Wildman–Crippen MR) is 122 cm³/mol. The molecule has 0 atom stereocenters. The summed E-state index contributed by atoms with van der Waals surface area (Å²) in [5, 5.41) is 9.43. The molecule has 0 unspecified atom stereocenters. The number of pyridine rings is 1. The quantitative estimate of drug-likeness (QED) is 0.515. The Morgan fingerprint density at radius 2 is 1.90 bits per heavy atom. The van der Waals surface area contributed by atoms with Crippen molar-refractivity contribution in [1.29, 1.82) is 0 Å². The molecule has 0 N–H and O–H groups in total. The summed E-state index contributed by atoms with van der Waals surface area (Å²) in [6.45, 7) is 0. The maximum atomic E-state index is 12.9. The van der Waals surface area contributed by atoms with Crippen LogP contribution in [-0.4, -0.2) is 56.5 Å². The number of ether oxygens (including phenoxy) is 1. The third kappa shape index (κ3) is 4.74. The highest BCUT2D eigenvalue weighted by Gasteiger charge is 2.24. The van der Waals surface area contributed by atoms with Crippen molar-refractivity contribution in [2.45, 2.75) is 43.3 Å². The van der Waals surface area contributed by atoms with Gasteiger partial charge in [-0.1, -0.05) is 49.2 Å². The number of hydrogen-bond donors (Lipinski definition) is 0. The van der Waals surface area contributed by atoms with Crippen molar-refractivity contribution in [3.05, 3.63) is 48.7 Å². The van der Waals surface area contributed by atoms with Gasteiger partial charge in [0.05, 0.1) is 18.6 Å². The number of aromatic nitrogens is 4. The average molecular weight is 438 g/mol. The van der Waals surface area contributed by atoms with Crippen LogP contribution in [-0.2, 0) is 4.79 Å². The fraction of sp³-hybridized carbons (Fsp3) is 0.391. The number of rotatable bonds is 7. The summed E-state index contributed by atoms with van der Waals surface area (Å²) >= 11 is 1.39.